The van der Waals surface area contributed by atoms with Crippen molar-refractivity contribution < 1.29 is 23.9 Å². The fraction of sp³-hybridized carbons (Fsp3) is 0.600. The number of aliphatic hydroxyl groups excluding tert-OH is 1. The van der Waals surface area contributed by atoms with Crippen LogP contribution in [0.4, 0.5) is 0 Å². The molecule has 0 amide bonds. The van der Waals surface area contributed by atoms with E-state index in [4.69, 9.17) is 4.74 Å². The predicted molar refractivity (Wildman–Crippen MR) is 77.7 cm³/mol. The number of carbonyl (C=O) groups excluding carboxylic acids is 2. The SMILES string of the molecule is C=C(C)C(=O)OCC[N+](C)(C)C(O)C(C)C(=O)C(=C)C. The Morgan fingerprint density at radius 2 is 1.70 bits per heavy atom. The minimum atomic E-state index is -0.886. The molecule has 0 saturated carbocycles. The van der Waals surface area contributed by atoms with Crippen LogP contribution in [-0.2, 0) is 14.3 Å². The summed E-state index contributed by atoms with van der Waals surface area (Å²) in [6, 6.07) is 0. The lowest BCUT2D eigenvalue weighted by atomic mass is 9.98. The molecule has 0 aromatic rings. The molecule has 1 N–H and O–H groups in total. The second-order valence-corrected chi connectivity index (χ2v) is 5.77. The Balaban J connectivity index is 4.55. The minimum absolute atomic E-state index is 0.156. The molecule has 0 rings (SSSR count). The molecule has 20 heavy (non-hydrogen) atoms. The molecule has 0 bridgehead atoms. The van der Waals surface area contributed by atoms with Crippen molar-refractivity contribution in [2.45, 2.75) is 27.0 Å². The first-order valence-electron chi connectivity index (χ1n) is 6.53. The topological polar surface area (TPSA) is 63.6 Å². The second-order valence-electron chi connectivity index (χ2n) is 5.77. The lowest BCUT2D eigenvalue weighted by Gasteiger charge is -2.36. The van der Waals surface area contributed by atoms with Crippen molar-refractivity contribution in [3.63, 3.8) is 0 Å². The smallest absolute Gasteiger partial charge is 0.333 e. The molecule has 0 saturated heterocycles. The molecule has 2 unspecified atom stereocenters. The average molecular weight is 284 g/mol. The first kappa shape index (κ1) is 18.5. The highest BCUT2D eigenvalue weighted by molar-refractivity contribution is 5.96. The van der Waals surface area contributed by atoms with E-state index in [0.717, 1.165) is 0 Å². The normalized spacial score (nSPS) is 14.3. The molecule has 0 aliphatic carbocycles. The molecule has 0 aromatic heterocycles. The van der Waals surface area contributed by atoms with Gasteiger partial charge in [0.2, 0.25) is 0 Å². The Bertz CT molecular complexity index is 412. The number of hydrogen-bond acceptors (Lipinski definition) is 4. The summed E-state index contributed by atoms with van der Waals surface area (Å²) in [6.07, 6.45) is -0.886. The Labute approximate surface area is 121 Å². The number of aliphatic hydroxyl groups is 1. The second kappa shape index (κ2) is 7.36. The van der Waals surface area contributed by atoms with Gasteiger partial charge in [0.05, 0.1) is 20.0 Å². The predicted octanol–water partition coefficient (Wildman–Crippen LogP) is 1.28. The van der Waals surface area contributed by atoms with E-state index >= 15 is 0 Å². The maximum Gasteiger partial charge on any atom is 0.333 e. The third kappa shape index (κ3) is 5.27. The molecule has 0 aliphatic heterocycles. The number of quaternary nitrogens is 1. The van der Waals surface area contributed by atoms with Gasteiger partial charge in [-0.05, 0) is 26.3 Å². The Morgan fingerprint density at radius 1 is 1.20 bits per heavy atom. The zero-order valence-corrected chi connectivity index (χ0v) is 13.1. The number of ketones is 1. The van der Waals surface area contributed by atoms with Crippen LogP contribution >= 0.6 is 0 Å². The summed E-state index contributed by atoms with van der Waals surface area (Å²) in [6.45, 7) is 12.5. The van der Waals surface area contributed by atoms with E-state index < -0.39 is 18.1 Å². The average Bonchev–Trinajstić information content (AvgIpc) is 2.35. The number of hydrogen-bond donors (Lipinski definition) is 1. The van der Waals surface area contributed by atoms with Gasteiger partial charge >= 0.3 is 5.97 Å². The highest BCUT2D eigenvalue weighted by atomic mass is 16.5. The molecule has 114 valence electrons. The number of allylic oxidation sites excluding steroid dienone is 1. The zero-order chi connectivity index (χ0) is 16.1. The molecule has 0 radical (unpaired) electrons. The van der Waals surface area contributed by atoms with Gasteiger partial charge in [-0.2, -0.15) is 0 Å². The maximum absolute atomic E-state index is 11.8. The van der Waals surface area contributed by atoms with Crippen molar-refractivity contribution in [1.29, 1.82) is 0 Å². The molecule has 0 spiro atoms. The molecule has 0 aliphatic rings. The van der Waals surface area contributed by atoms with E-state index in [1.165, 1.54) is 0 Å². The van der Waals surface area contributed by atoms with E-state index in [-0.39, 0.29) is 16.9 Å². The van der Waals surface area contributed by atoms with Gasteiger partial charge in [-0.3, -0.25) is 4.79 Å². The summed E-state index contributed by atoms with van der Waals surface area (Å²) in [5.41, 5.74) is 0.756. The van der Waals surface area contributed by atoms with Crippen LogP contribution < -0.4 is 0 Å². The lowest BCUT2D eigenvalue weighted by molar-refractivity contribution is -0.939. The Morgan fingerprint density at radius 3 is 2.10 bits per heavy atom. The Kier molecular flexibility index (Phi) is 6.82. The molecule has 0 heterocycles. The minimum Gasteiger partial charge on any atom is -0.456 e. The third-order valence-corrected chi connectivity index (χ3v) is 3.25. The van der Waals surface area contributed by atoms with Crippen LogP contribution in [-0.4, -0.2) is 54.8 Å². The largest absolute Gasteiger partial charge is 0.456 e. The number of Topliss-reactive ketones (excluding diaryl/α,β-unsaturated/α-hetero) is 1. The van der Waals surface area contributed by atoms with E-state index in [9.17, 15) is 14.7 Å². The summed E-state index contributed by atoms with van der Waals surface area (Å²) in [5.74, 6) is -1.17. The van der Waals surface area contributed by atoms with Gasteiger partial charge in [0, 0.05) is 5.57 Å². The maximum atomic E-state index is 11.8. The van der Waals surface area contributed by atoms with Crippen molar-refractivity contribution in [2.24, 2.45) is 5.92 Å². The molecular formula is C15H26NO4+. The summed E-state index contributed by atoms with van der Waals surface area (Å²) in [4.78, 5) is 23.1. The Hall–Kier alpha value is -1.46. The molecule has 2 atom stereocenters. The zero-order valence-electron chi connectivity index (χ0n) is 13.1. The van der Waals surface area contributed by atoms with Crippen LogP contribution in [0.1, 0.15) is 20.8 Å². The first-order chi connectivity index (χ1) is 9.00. The molecule has 5 nitrogen and oxygen atoms in total. The molecule has 0 fully saturated rings. The van der Waals surface area contributed by atoms with Crippen molar-refractivity contribution in [3.05, 3.63) is 24.3 Å². The van der Waals surface area contributed by atoms with E-state index in [0.29, 0.717) is 17.7 Å². The fourth-order valence-electron chi connectivity index (χ4n) is 1.76. The number of carbonyl (C=O) groups is 2. The highest BCUT2D eigenvalue weighted by Gasteiger charge is 2.35. The van der Waals surface area contributed by atoms with Gasteiger partial charge in [0.25, 0.3) is 0 Å². The fourth-order valence-corrected chi connectivity index (χ4v) is 1.76. The van der Waals surface area contributed by atoms with Crippen LogP contribution in [0.2, 0.25) is 0 Å². The van der Waals surface area contributed by atoms with Gasteiger partial charge in [-0.25, -0.2) is 4.79 Å². The molecule has 5 heteroatoms. The van der Waals surface area contributed by atoms with Crippen molar-refractivity contribution in [2.75, 3.05) is 27.2 Å². The van der Waals surface area contributed by atoms with Crippen molar-refractivity contribution in [3.8, 4) is 0 Å². The van der Waals surface area contributed by atoms with Crippen molar-refractivity contribution >= 4 is 11.8 Å². The van der Waals surface area contributed by atoms with Gasteiger partial charge in [-0.1, -0.05) is 13.2 Å². The summed E-state index contributed by atoms with van der Waals surface area (Å²) in [7, 11) is 3.56. The number of likely N-dealkylation sites (N-methyl/N-ethyl adjacent to an activating group) is 1. The van der Waals surface area contributed by atoms with Gasteiger partial charge in [0.15, 0.2) is 12.0 Å². The summed E-state index contributed by atoms with van der Waals surface area (Å²) in [5, 5.41) is 10.3. The van der Waals surface area contributed by atoms with E-state index in [1.54, 1.807) is 34.9 Å². The van der Waals surface area contributed by atoms with Crippen molar-refractivity contribution in [1.82, 2.24) is 0 Å². The van der Waals surface area contributed by atoms with Crippen LogP contribution in [0.15, 0.2) is 24.3 Å². The molecule has 0 aromatic carbocycles. The van der Waals surface area contributed by atoms with Crippen LogP contribution in [0.5, 0.6) is 0 Å². The molecular weight excluding hydrogens is 258 g/mol. The van der Waals surface area contributed by atoms with Gasteiger partial charge < -0.3 is 14.3 Å². The van der Waals surface area contributed by atoms with Gasteiger partial charge in [0.1, 0.15) is 13.2 Å². The summed E-state index contributed by atoms with van der Waals surface area (Å²) >= 11 is 0. The van der Waals surface area contributed by atoms with E-state index in [1.807, 2.05) is 0 Å². The number of rotatable bonds is 8. The number of ether oxygens (including phenoxy) is 1. The number of nitrogens with zero attached hydrogens (tertiary/aromatic N) is 1. The monoisotopic (exact) mass is 284 g/mol. The van der Waals surface area contributed by atoms with Crippen LogP contribution in [0.25, 0.3) is 0 Å². The highest BCUT2D eigenvalue weighted by Crippen LogP contribution is 2.17. The van der Waals surface area contributed by atoms with E-state index in [2.05, 4.69) is 13.2 Å². The number of esters is 1. The first-order valence-corrected chi connectivity index (χ1v) is 6.53. The van der Waals surface area contributed by atoms with Crippen LogP contribution in [0, 0.1) is 5.92 Å². The lowest BCUT2D eigenvalue weighted by Crippen LogP contribution is -2.55. The van der Waals surface area contributed by atoms with Crippen LogP contribution in [0.3, 0.4) is 0 Å². The standard InChI is InChI=1S/C15H26NO4/c1-10(2)13(17)12(5)14(18)16(6,7)8-9-20-15(19)11(3)4/h12,14,18H,1,3,8-9H2,2,4-7H3/q+1. The quantitative estimate of drug-likeness (QED) is 0.316. The van der Waals surface area contributed by atoms with Gasteiger partial charge in [-0.15, -0.1) is 0 Å². The summed E-state index contributed by atoms with van der Waals surface area (Å²) < 4.78 is 5.17. The third-order valence-electron chi connectivity index (χ3n) is 3.25.